The third-order valence-electron chi connectivity index (χ3n) is 5.75. The van der Waals surface area contributed by atoms with Gasteiger partial charge in [0.15, 0.2) is 5.65 Å². The number of nitrogens with zero attached hydrogens (tertiary/aromatic N) is 4. The van der Waals surface area contributed by atoms with Crippen LogP contribution >= 0.6 is 0 Å². The van der Waals surface area contributed by atoms with Crippen molar-refractivity contribution >= 4 is 16.9 Å². The molecule has 1 saturated heterocycles. The lowest BCUT2D eigenvalue weighted by molar-refractivity contribution is 0.0139. The largest absolute Gasteiger partial charge is 0.336 e. The van der Waals surface area contributed by atoms with Gasteiger partial charge in [-0.05, 0) is 32.4 Å². The van der Waals surface area contributed by atoms with Crippen LogP contribution < -0.4 is 5.56 Å². The minimum atomic E-state index is -0.277. The summed E-state index contributed by atoms with van der Waals surface area (Å²) in [6.45, 7) is 9.04. The fourth-order valence-corrected chi connectivity index (χ4v) is 4.18. The van der Waals surface area contributed by atoms with Crippen LogP contribution in [0.5, 0.6) is 0 Å². The lowest BCUT2D eigenvalue weighted by Crippen LogP contribution is -2.60. The van der Waals surface area contributed by atoms with E-state index in [2.05, 4.69) is 53.1 Å². The predicted molar refractivity (Wildman–Crippen MR) is 113 cm³/mol. The van der Waals surface area contributed by atoms with Crippen molar-refractivity contribution < 1.29 is 4.79 Å². The average molecular weight is 393 g/mol. The van der Waals surface area contributed by atoms with Gasteiger partial charge in [0.2, 0.25) is 0 Å². The number of carbonyl (C=O) groups is 1. The molecule has 3 heterocycles. The lowest BCUT2D eigenvalue weighted by atomic mass is 9.96. The molecule has 0 atom stereocenters. The minimum Gasteiger partial charge on any atom is -0.336 e. The SMILES string of the molecule is Cc1cc(C(=O)N2CCN(Cc3ccccc3)C(C)(C)C2)c2c(=O)[nH]n(C)c2n1. The van der Waals surface area contributed by atoms with Gasteiger partial charge in [-0.2, -0.15) is 0 Å². The molecule has 0 aliphatic carbocycles. The smallest absolute Gasteiger partial charge is 0.274 e. The molecule has 1 fully saturated rings. The van der Waals surface area contributed by atoms with Gasteiger partial charge in [-0.1, -0.05) is 30.3 Å². The maximum Gasteiger partial charge on any atom is 0.274 e. The number of pyridine rings is 1. The van der Waals surface area contributed by atoms with Crippen LogP contribution in [-0.2, 0) is 13.6 Å². The number of benzene rings is 1. The first kappa shape index (κ1) is 19.4. The molecule has 1 amide bonds. The average Bonchev–Trinajstić information content (AvgIpc) is 2.96. The summed E-state index contributed by atoms with van der Waals surface area (Å²) in [5, 5.41) is 3.08. The molecule has 7 heteroatoms. The maximum atomic E-state index is 13.4. The summed E-state index contributed by atoms with van der Waals surface area (Å²) in [6.07, 6.45) is 0. The number of rotatable bonds is 3. The zero-order chi connectivity index (χ0) is 20.8. The standard InChI is InChI=1S/C22H27N5O2/c1-15-12-17(18-19(23-15)25(4)24-20(18)28)21(29)26-10-11-27(22(2,3)14-26)13-16-8-6-5-7-9-16/h5-9,12H,10-11,13-14H2,1-4H3,(H,24,28). The van der Waals surface area contributed by atoms with E-state index < -0.39 is 0 Å². The normalized spacial score (nSPS) is 17.0. The minimum absolute atomic E-state index is 0.107. The molecule has 0 radical (unpaired) electrons. The monoisotopic (exact) mass is 393 g/mol. The Morgan fingerprint density at radius 3 is 2.62 bits per heavy atom. The Bertz CT molecular complexity index is 1110. The molecule has 152 valence electrons. The molecule has 1 aliphatic rings. The second-order valence-electron chi connectivity index (χ2n) is 8.46. The Balaban J connectivity index is 1.60. The van der Waals surface area contributed by atoms with Crippen LogP contribution in [0.1, 0.15) is 35.5 Å². The molecular weight excluding hydrogens is 366 g/mol. The molecular formula is C22H27N5O2. The van der Waals surface area contributed by atoms with Gasteiger partial charge in [0.05, 0.1) is 10.9 Å². The quantitative estimate of drug-likeness (QED) is 0.741. The highest BCUT2D eigenvalue weighted by Crippen LogP contribution is 2.25. The zero-order valence-corrected chi connectivity index (χ0v) is 17.4. The van der Waals surface area contributed by atoms with Gasteiger partial charge in [-0.15, -0.1) is 0 Å². The molecule has 4 rings (SSSR count). The van der Waals surface area contributed by atoms with Gasteiger partial charge < -0.3 is 4.90 Å². The van der Waals surface area contributed by atoms with Crippen molar-refractivity contribution in [3.63, 3.8) is 0 Å². The van der Waals surface area contributed by atoms with E-state index in [9.17, 15) is 9.59 Å². The van der Waals surface area contributed by atoms with Gasteiger partial charge in [-0.25, -0.2) is 4.98 Å². The van der Waals surface area contributed by atoms with Gasteiger partial charge in [0.25, 0.3) is 11.5 Å². The molecule has 0 spiro atoms. The van der Waals surface area contributed by atoms with Crippen molar-refractivity contribution in [2.24, 2.45) is 7.05 Å². The Morgan fingerprint density at radius 2 is 1.93 bits per heavy atom. The van der Waals surface area contributed by atoms with Crippen molar-refractivity contribution in [2.45, 2.75) is 32.9 Å². The zero-order valence-electron chi connectivity index (χ0n) is 17.4. The molecule has 7 nitrogen and oxygen atoms in total. The van der Waals surface area contributed by atoms with E-state index in [1.54, 1.807) is 17.8 Å². The number of amides is 1. The van der Waals surface area contributed by atoms with Crippen LogP contribution in [0.4, 0.5) is 0 Å². The molecule has 29 heavy (non-hydrogen) atoms. The summed E-state index contributed by atoms with van der Waals surface area (Å²) in [6, 6.07) is 12.1. The number of nitrogens with one attached hydrogen (secondary N) is 1. The van der Waals surface area contributed by atoms with E-state index >= 15 is 0 Å². The Hall–Kier alpha value is -2.93. The molecule has 0 bridgehead atoms. The number of aromatic nitrogens is 3. The third kappa shape index (κ3) is 3.58. The fraction of sp³-hybridized carbons (Fsp3) is 0.409. The summed E-state index contributed by atoms with van der Waals surface area (Å²) in [5.41, 5.74) is 2.48. The Labute approximate surface area is 169 Å². The highest BCUT2D eigenvalue weighted by Gasteiger charge is 2.36. The van der Waals surface area contributed by atoms with Crippen LogP contribution in [0.15, 0.2) is 41.2 Å². The topological polar surface area (TPSA) is 74.2 Å². The van der Waals surface area contributed by atoms with Crippen molar-refractivity contribution in [3.05, 3.63) is 63.6 Å². The van der Waals surface area contributed by atoms with E-state index in [1.807, 2.05) is 17.9 Å². The van der Waals surface area contributed by atoms with E-state index in [0.29, 0.717) is 29.7 Å². The number of hydrogen-bond acceptors (Lipinski definition) is 4. The van der Waals surface area contributed by atoms with Crippen LogP contribution in [0.3, 0.4) is 0 Å². The van der Waals surface area contributed by atoms with E-state index in [1.165, 1.54) is 5.56 Å². The summed E-state index contributed by atoms with van der Waals surface area (Å²) >= 11 is 0. The second kappa shape index (κ2) is 7.15. The molecule has 1 aromatic carbocycles. The van der Waals surface area contributed by atoms with E-state index in [0.717, 1.165) is 18.8 Å². The number of H-pyrrole nitrogens is 1. The first-order valence-electron chi connectivity index (χ1n) is 9.91. The maximum absolute atomic E-state index is 13.4. The van der Waals surface area contributed by atoms with Crippen LogP contribution in [0, 0.1) is 6.92 Å². The molecule has 1 N–H and O–H groups in total. The summed E-state index contributed by atoms with van der Waals surface area (Å²) < 4.78 is 1.57. The summed E-state index contributed by atoms with van der Waals surface area (Å²) in [7, 11) is 1.73. The van der Waals surface area contributed by atoms with E-state index in [-0.39, 0.29) is 17.0 Å². The molecule has 2 aromatic heterocycles. The van der Waals surface area contributed by atoms with Crippen molar-refractivity contribution in [1.82, 2.24) is 24.6 Å². The van der Waals surface area contributed by atoms with Crippen LogP contribution in [0.25, 0.3) is 11.0 Å². The fourth-order valence-electron chi connectivity index (χ4n) is 4.18. The van der Waals surface area contributed by atoms with Gasteiger partial charge in [0.1, 0.15) is 0 Å². The Kier molecular flexibility index (Phi) is 4.78. The molecule has 3 aromatic rings. The van der Waals surface area contributed by atoms with Gasteiger partial charge in [-0.3, -0.25) is 24.3 Å². The highest BCUT2D eigenvalue weighted by atomic mass is 16.2. The first-order chi connectivity index (χ1) is 13.8. The number of carbonyl (C=O) groups excluding carboxylic acids is 1. The van der Waals surface area contributed by atoms with Crippen LogP contribution in [-0.4, -0.2) is 55.6 Å². The van der Waals surface area contributed by atoms with Crippen LogP contribution in [0.2, 0.25) is 0 Å². The summed E-state index contributed by atoms with van der Waals surface area (Å²) in [4.78, 5) is 34.5. The molecule has 0 saturated carbocycles. The number of hydrogen-bond donors (Lipinski definition) is 1. The summed E-state index contributed by atoms with van der Waals surface area (Å²) in [5.74, 6) is -0.107. The van der Waals surface area contributed by atoms with Gasteiger partial charge in [0, 0.05) is 44.5 Å². The van der Waals surface area contributed by atoms with Gasteiger partial charge >= 0.3 is 0 Å². The second-order valence-corrected chi connectivity index (χ2v) is 8.46. The van der Waals surface area contributed by atoms with Crippen molar-refractivity contribution in [3.8, 4) is 0 Å². The number of piperazine rings is 1. The molecule has 0 unspecified atom stereocenters. The number of aryl methyl sites for hydroxylation is 2. The van der Waals surface area contributed by atoms with Crippen molar-refractivity contribution in [2.75, 3.05) is 19.6 Å². The predicted octanol–water partition coefficient (Wildman–Crippen LogP) is 2.31. The highest BCUT2D eigenvalue weighted by molar-refractivity contribution is 6.05. The first-order valence-corrected chi connectivity index (χ1v) is 9.91. The van der Waals surface area contributed by atoms with Crippen molar-refractivity contribution in [1.29, 1.82) is 0 Å². The number of aromatic amines is 1. The third-order valence-corrected chi connectivity index (χ3v) is 5.75. The molecule has 1 aliphatic heterocycles. The lowest BCUT2D eigenvalue weighted by Gasteiger charge is -2.47. The Morgan fingerprint density at radius 1 is 1.21 bits per heavy atom. The van der Waals surface area contributed by atoms with E-state index in [4.69, 9.17) is 0 Å². The number of fused-ring (bicyclic) bond motifs is 1.